The highest BCUT2D eigenvalue weighted by Crippen LogP contribution is 2.27. The molecule has 5 nitrogen and oxygen atoms in total. The van der Waals surface area contributed by atoms with Gasteiger partial charge in [-0.1, -0.05) is 26.0 Å². The molecule has 1 aliphatic heterocycles. The summed E-state index contributed by atoms with van der Waals surface area (Å²) in [6, 6.07) is 13.2. The molecule has 0 aliphatic carbocycles. The Balaban J connectivity index is 1.75. The molecule has 3 rings (SSSR count). The second-order valence-corrected chi connectivity index (χ2v) is 9.44. The van der Waals surface area contributed by atoms with Gasteiger partial charge in [0, 0.05) is 13.1 Å². The minimum Gasteiger partial charge on any atom is -0.423 e. The van der Waals surface area contributed by atoms with Crippen molar-refractivity contribution >= 4 is 16.0 Å². The summed E-state index contributed by atoms with van der Waals surface area (Å²) in [5.74, 6) is 0.636. The number of rotatable bonds is 4. The quantitative estimate of drug-likeness (QED) is 0.590. The maximum Gasteiger partial charge on any atom is 0.343 e. The first-order valence-electron chi connectivity index (χ1n) is 9.15. The number of hydrogen-bond donors (Lipinski definition) is 0. The molecule has 0 amide bonds. The molecule has 1 fully saturated rings. The van der Waals surface area contributed by atoms with Crippen molar-refractivity contribution in [3.63, 3.8) is 0 Å². The van der Waals surface area contributed by atoms with Crippen molar-refractivity contribution in [1.29, 1.82) is 0 Å². The normalized spacial score (nSPS) is 21.0. The molecule has 1 aliphatic rings. The van der Waals surface area contributed by atoms with E-state index < -0.39 is 16.0 Å². The van der Waals surface area contributed by atoms with Crippen LogP contribution < -0.4 is 4.74 Å². The second-order valence-electron chi connectivity index (χ2n) is 7.50. The third kappa shape index (κ3) is 4.57. The number of aryl methyl sites for hydroxylation is 1. The Labute approximate surface area is 161 Å². The minimum absolute atomic E-state index is 0.205. The Morgan fingerprint density at radius 3 is 2.26 bits per heavy atom. The van der Waals surface area contributed by atoms with Crippen LogP contribution in [-0.4, -0.2) is 31.8 Å². The Morgan fingerprint density at radius 2 is 1.67 bits per heavy atom. The number of carbonyl (C=O) groups is 1. The molecule has 2 aromatic carbocycles. The lowest BCUT2D eigenvalue weighted by Gasteiger charge is -2.34. The fourth-order valence-electron chi connectivity index (χ4n) is 3.56. The van der Waals surface area contributed by atoms with Gasteiger partial charge in [-0.2, -0.15) is 4.31 Å². The van der Waals surface area contributed by atoms with Gasteiger partial charge in [0.1, 0.15) is 5.75 Å². The molecular weight excluding hydrogens is 362 g/mol. The number of carbonyl (C=O) groups excluding carboxylic acids is 1. The van der Waals surface area contributed by atoms with E-state index in [4.69, 9.17) is 4.74 Å². The van der Waals surface area contributed by atoms with Gasteiger partial charge in [0.25, 0.3) is 0 Å². The number of sulfonamides is 1. The number of benzene rings is 2. The average Bonchev–Trinajstić information content (AvgIpc) is 2.61. The summed E-state index contributed by atoms with van der Waals surface area (Å²) in [5.41, 5.74) is 1.31. The molecular formula is C21H25NO4S. The van der Waals surface area contributed by atoms with Gasteiger partial charge >= 0.3 is 5.97 Å². The topological polar surface area (TPSA) is 63.7 Å². The van der Waals surface area contributed by atoms with Crippen LogP contribution in [0.15, 0.2) is 53.4 Å². The summed E-state index contributed by atoms with van der Waals surface area (Å²) in [6.07, 6.45) is 1.04. The first-order valence-corrected chi connectivity index (χ1v) is 10.6. The predicted molar refractivity (Wildman–Crippen MR) is 104 cm³/mol. The van der Waals surface area contributed by atoms with Crippen molar-refractivity contribution in [2.24, 2.45) is 11.8 Å². The van der Waals surface area contributed by atoms with Crippen LogP contribution in [0.2, 0.25) is 0 Å². The summed E-state index contributed by atoms with van der Waals surface area (Å²) in [7, 11) is -3.55. The monoisotopic (exact) mass is 387 g/mol. The molecule has 0 unspecified atom stereocenters. The highest BCUT2D eigenvalue weighted by atomic mass is 32.2. The van der Waals surface area contributed by atoms with Crippen molar-refractivity contribution in [3.8, 4) is 5.75 Å². The van der Waals surface area contributed by atoms with Gasteiger partial charge in [0.05, 0.1) is 10.5 Å². The van der Waals surface area contributed by atoms with Gasteiger partial charge in [0.15, 0.2) is 0 Å². The number of nitrogens with zero attached hydrogens (tertiary/aromatic N) is 1. The number of ether oxygens (including phenoxy) is 1. The van der Waals surface area contributed by atoms with Gasteiger partial charge < -0.3 is 4.74 Å². The molecule has 27 heavy (non-hydrogen) atoms. The first kappa shape index (κ1) is 19.6. The van der Waals surface area contributed by atoms with E-state index in [-0.39, 0.29) is 4.90 Å². The van der Waals surface area contributed by atoms with E-state index in [0.29, 0.717) is 36.2 Å². The van der Waals surface area contributed by atoms with Crippen molar-refractivity contribution in [2.45, 2.75) is 32.1 Å². The fraction of sp³-hybridized carbons (Fsp3) is 0.381. The molecule has 2 atom stereocenters. The Bertz CT molecular complexity index is 911. The van der Waals surface area contributed by atoms with Crippen LogP contribution in [0.5, 0.6) is 5.75 Å². The highest BCUT2D eigenvalue weighted by molar-refractivity contribution is 7.89. The van der Waals surface area contributed by atoms with Gasteiger partial charge in [-0.05, 0) is 67.1 Å². The Kier molecular flexibility index (Phi) is 5.67. The zero-order valence-corrected chi connectivity index (χ0v) is 16.7. The third-order valence-electron chi connectivity index (χ3n) is 4.76. The highest BCUT2D eigenvalue weighted by Gasteiger charge is 2.31. The lowest BCUT2D eigenvalue weighted by Crippen LogP contribution is -2.42. The minimum atomic E-state index is -3.55. The van der Waals surface area contributed by atoms with Crippen molar-refractivity contribution in [2.75, 3.05) is 13.1 Å². The van der Waals surface area contributed by atoms with E-state index in [1.54, 1.807) is 16.4 Å². The molecule has 0 spiro atoms. The molecule has 0 radical (unpaired) electrons. The van der Waals surface area contributed by atoms with E-state index >= 15 is 0 Å². The lowest BCUT2D eigenvalue weighted by atomic mass is 9.94. The van der Waals surface area contributed by atoms with Crippen LogP contribution >= 0.6 is 0 Å². The van der Waals surface area contributed by atoms with Crippen molar-refractivity contribution < 1.29 is 17.9 Å². The molecule has 2 aromatic rings. The molecule has 1 heterocycles. The smallest absolute Gasteiger partial charge is 0.343 e. The fourth-order valence-corrected chi connectivity index (χ4v) is 5.24. The largest absolute Gasteiger partial charge is 0.423 e. The summed E-state index contributed by atoms with van der Waals surface area (Å²) >= 11 is 0. The summed E-state index contributed by atoms with van der Waals surface area (Å²) in [4.78, 5) is 12.5. The van der Waals surface area contributed by atoms with Crippen LogP contribution in [0.25, 0.3) is 0 Å². The van der Waals surface area contributed by atoms with Crippen molar-refractivity contribution in [3.05, 3.63) is 59.7 Å². The van der Waals surface area contributed by atoms with Gasteiger partial charge in [0.2, 0.25) is 10.0 Å². The van der Waals surface area contributed by atoms with Gasteiger partial charge in [-0.3, -0.25) is 0 Å². The zero-order chi connectivity index (χ0) is 19.6. The number of piperidine rings is 1. The van der Waals surface area contributed by atoms with Crippen molar-refractivity contribution in [1.82, 2.24) is 4.31 Å². The molecule has 0 bridgehead atoms. The summed E-state index contributed by atoms with van der Waals surface area (Å²) in [5, 5.41) is 0. The van der Waals surface area contributed by atoms with Crippen LogP contribution in [0.1, 0.15) is 36.2 Å². The number of esters is 1. The number of hydrogen-bond acceptors (Lipinski definition) is 4. The van der Waals surface area contributed by atoms with Crippen LogP contribution in [0, 0.1) is 18.8 Å². The third-order valence-corrected chi connectivity index (χ3v) is 6.61. The molecule has 0 N–H and O–H groups in total. The lowest BCUT2D eigenvalue weighted by molar-refractivity contribution is 0.0734. The van der Waals surface area contributed by atoms with Gasteiger partial charge in [-0.25, -0.2) is 13.2 Å². The molecule has 6 heteroatoms. The molecule has 144 valence electrons. The molecule has 1 saturated heterocycles. The standard InChI is InChI=1S/C21H25NO4S/c1-15-5-4-6-19(12-15)26-21(23)18-7-9-20(10-8-18)27(24,25)22-13-16(2)11-17(3)14-22/h4-10,12,16-17H,11,13-14H2,1-3H3/t16-,17-/m0/s1. The van der Waals surface area contributed by atoms with Crippen LogP contribution in [0.3, 0.4) is 0 Å². The van der Waals surface area contributed by atoms with E-state index in [0.717, 1.165) is 12.0 Å². The Morgan fingerprint density at radius 1 is 1.04 bits per heavy atom. The average molecular weight is 388 g/mol. The summed E-state index contributed by atoms with van der Waals surface area (Å²) in [6.45, 7) is 7.12. The van der Waals surface area contributed by atoms with Crippen LogP contribution in [-0.2, 0) is 10.0 Å². The van der Waals surface area contributed by atoms with E-state index in [2.05, 4.69) is 13.8 Å². The van der Waals surface area contributed by atoms with E-state index in [1.165, 1.54) is 24.3 Å². The molecule has 0 saturated carbocycles. The Hall–Kier alpha value is -2.18. The predicted octanol–water partition coefficient (Wildman–Crippen LogP) is 3.88. The van der Waals surface area contributed by atoms with Crippen LogP contribution in [0.4, 0.5) is 0 Å². The zero-order valence-electron chi connectivity index (χ0n) is 15.9. The first-order chi connectivity index (χ1) is 12.8. The summed E-state index contributed by atoms with van der Waals surface area (Å²) < 4.78 is 32.7. The second kappa shape index (κ2) is 7.82. The molecule has 0 aromatic heterocycles. The maximum atomic E-state index is 12.9. The van der Waals surface area contributed by atoms with Gasteiger partial charge in [-0.15, -0.1) is 0 Å². The van der Waals surface area contributed by atoms with E-state index in [9.17, 15) is 13.2 Å². The van der Waals surface area contributed by atoms with E-state index in [1.807, 2.05) is 19.1 Å². The SMILES string of the molecule is Cc1cccc(OC(=O)c2ccc(S(=O)(=O)N3C[C@@H](C)C[C@H](C)C3)cc2)c1. The maximum absolute atomic E-state index is 12.9.